The van der Waals surface area contributed by atoms with E-state index in [4.69, 9.17) is 11.6 Å². The molecule has 1 atom stereocenters. The standard InChI is InChI=1S/C13H20ClN3O2S/c1-3-11(2)16-6-8-17(9-7-16)20(18,19)13-10-15-5-4-12(13)14/h4-5,10-11H,3,6-9H2,1-2H3. The van der Waals surface area contributed by atoms with E-state index in [0.29, 0.717) is 19.1 Å². The maximum absolute atomic E-state index is 12.5. The third-order valence-corrected chi connectivity index (χ3v) is 6.21. The van der Waals surface area contributed by atoms with Crippen molar-refractivity contribution in [1.82, 2.24) is 14.2 Å². The number of nitrogens with zero attached hydrogens (tertiary/aromatic N) is 3. The zero-order valence-corrected chi connectivity index (χ0v) is 13.4. The van der Waals surface area contributed by atoms with Crippen molar-refractivity contribution in [3.63, 3.8) is 0 Å². The third-order valence-electron chi connectivity index (χ3n) is 3.84. The molecule has 0 amide bonds. The summed E-state index contributed by atoms with van der Waals surface area (Å²) >= 11 is 5.97. The molecule has 1 aromatic rings. The van der Waals surface area contributed by atoms with Crippen molar-refractivity contribution >= 4 is 21.6 Å². The lowest BCUT2D eigenvalue weighted by Crippen LogP contribution is -2.51. The molecule has 1 fully saturated rings. The summed E-state index contributed by atoms with van der Waals surface area (Å²) in [4.78, 5) is 6.27. The Morgan fingerprint density at radius 1 is 1.35 bits per heavy atom. The maximum atomic E-state index is 12.5. The molecule has 2 rings (SSSR count). The summed E-state index contributed by atoms with van der Waals surface area (Å²) < 4.78 is 26.6. The average molecular weight is 318 g/mol. The number of piperazine rings is 1. The lowest BCUT2D eigenvalue weighted by atomic mass is 10.2. The van der Waals surface area contributed by atoms with Crippen LogP contribution in [0.2, 0.25) is 5.02 Å². The van der Waals surface area contributed by atoms with Gasteiger partial charge >= 0.3 is 0 Å². The minimum absolute atomic E-state index is 0.0960. The van der Waals surface area contributed by atoms with Crippen LogP contribution in [0, 0.1) is 0 Å². The average Bonchev–Trinajstić information content (AvgIpc) is 2.47. The second-order valence-electron chi connectivity index (χ2n) is 5.00. The van der Waals surface area contributed by atoms with Crippen molar-refractivity contribution in [3.05, 3.63) is 23.5 Å². The van der Waals surface area contributed by atoms with Crippen LogP contribution in [-0.2, 0) is 10.0 Å². The van der Waals surface area contributed by atoms with Crippen molar-refractivity contribution in [3.8, 4) is 0 Å². The maximum Gasteiger partial charge on any atom is 0.246 e. The number of halogens is 1. The summed E-state index contributed by atoms with van der Waals surface area (Å²) in [6.45, 7) is 6.82. The van der Waals surface area contributed by atoms with Gasteiger partial charge < -0.3 is 0 Å². The minimum Gasteiger partial charge on any atom is -0.298 e. The molecular formula is C13H20ClN3O2S. The topological polar surface area (TPSA) is 53.5 Å². The summed E-state index contributed by atoms with van der Waals surface area (Å²) in [7, 11) is -3.54. The van der Waals surface area contributed by atoms with Crippen LogP contribution in [0.3, 0.4) is 0 Å². The van der Waals surface area contributed by atoms with E-state index in [1.54, 1.807) is 0 Å². The van der Waals surface area contributed by atoms with Crippen molar-refractivity contribution in [2.24, 2.45) is 0 Å². The molecule has 0 spiro atoms. The number of rotatable bonds is 4. The Balaban J connectivity index is 2.12. The number of aromatic nitrogens is 1. The quantitative estimate of drug-likeness (QED) is 0.850. The highest BCUT2D eigenvalue weighted by atomic mass is 35.5. The first-order valence-corrected chi connectivity index (χ1v) is 8.62. The fourth-order valence-electron chi connectivity index (χ4n) is 2.33. The molecule has 1 aliphatic rings. The van der Waals surface area contributed by atoms with Gasteiger partial charge in [-0.1, -0.05) is 18.5 Å². The van der Waals surface area contributed by atoms with Gasteiger partial charge in [-0.25, -0.2) is 8.42 Å². The first kappa shape index (κ1) is 15.7. The van der Waals surface area contributed by atoms with E-state index in [0.717, 1.165) is 19.5 Å². The van der Waals surface area contributed by atoms with Gasteiger partial charge in [-0.3, -0.25) is 9.88 Å². The Hall–Kier alpha value is -0.690. The second kappa shape index (κ2) is 6.39. The Morgan fingerprint density at radius 2 is 2.00 bits per heavy atom. The number of sulfonamides is 1. The molecule has 0 saturated carbocycles. The van der Waals surface area contributed by atoms with Gasteiger partial charge in [0.15, 0.2) is 0 Å². The van der Waals surface area contributed by atoms with Crippen molar-refractivity contribution in [2.45, 2.75) is 31.2 Å². The van der Waals surface area contributed by atoms with E-state index >= 15 is 0 Å². The van der Waals surface area contributed by atoms with Crippen molar-refractivity contribution in [2.75, 3.05) is 26.2 Å². The van der Waals surface area contributed by atoms with Crippen molar-refractivity contribution < 1.29 is 8.42 Å². The van der Waals surface area contributed by atoms with Crippen LogP contribution in [0.15, 0.2) is 23.4 Å². The molecule has 7 heteroatoms. The van der Waals surface area contributed by atoms with Crippen LogP contribution in [0.5, 0.6) is 0 Å². The summed E-state index contributed by atoms with van der Waals surface area (Å²) in [6.07, 6.45) is 3.88. The van der Waals surface area contributed by atoms with E-state index < -0.39 is 10.0 Å². The normalized spacial score (nSPS) is 19.9. The Morgan fingerprint density at radius 3 is 2.55 bits per heavy atom. The number of hydrogen-bond acceptors (Lipinski definition) is 4. The molecule has 2 heterocycles. The Bertz CT molecular complexity index is 556. The lowest BCUT2D eigenvalue weighted by molar-refractivity contribution is 0.142. The van der Waals surface area contributed by atoms with Crippen LogP contribution in [0.1, 0.15) is 20.3 Å². The molecule has 0 aromatic carbocycles. The van der Waals surface area contributed by atoms with E-state index in [9.17, 15) is 8.42 Å². The predicted octanol–water partition coefficient (Wildman–Crippen LogP) is 1.84. The zero-order valence-electron chi connectivity index (χ0n) is 11.8. The van der Waals surface area contributed by atoms with E-state index in [-0.39, 0.29) is 9.92 Å². The van der Waals surface area contributed by atoms with Crippen LogP contribution >= 0.6 is 11.6 Å². The van der Waals surface area contributed by atoms with Gasteiger partial charge in [0.2, 0.25) is 10.0 Å². The fourth-order valence-corrected chi connectivity index (χ4v) is 4.16. The van der Waals surface area contributed by atoms with E-state index in [1.165, 1.54) is 22.8 Å². The number of hydrogen-bond donors (Lipinski definition) is 0. The van der Waals surface area contributed by atoms with Gasteiger partial charge in [0, 0.05) is 44.6 Å². The largest absolute Gasteiger partial charge is 0.298 e. The molecule has 5 nitrogen and oxygen atoms in total. The van der Waals surface area contributed by atoms with E-state index in [2.05, 4.69) is 23.7 Å². The molecule has 0 N–H and O–H groups in total. The smallest absolute Gasteiger partial charge is 0.246 e. The molecule has 112 valence electrons. The van der Waals surface area contributed by atoms with Gasteiger partial charge in [-0.05, 0) is 19.4 Å². The first-order valence-electron chi connectivity index (χ1n) is 6.80. The highest BCUT2D eigenvalue weighted by molar-refractivity contribution is 7.89. The van der Waals surface area contributed by atoms with Crippen LogP contribution in [0.4, 0.5) is 0 Å². The SMILES string of the molecule is CCC(C)N1CCN(S(=O)(=O)c2cnccc2Cl)CC1. The molecule has 1 saturated heterocycles. The van der Waals surface area contributed by atoms with Gasteiger partial charge in [0.05, 0.1) is 5.02 Å². The van der Waals surface area contributed by atoms with Gasteiger partial charge in [-0.15, -0.1) is 0 Å². The van der Waals surface area contributed by atoms with Crippen LogP contribution in [0.25, 0.3) is 0 Å². The first-order chi connectivity index (χ1) is 9.46. The predicted molar refractivity (Wildman–Crippen MR) is 79.3 cm³/mol. The van der Waals surface area contributed by atoms with E-state index in [1.807, 2.05) is 0 Å². The molecule has 20 heavy (non-hydrogen) atoms. The summed E-state index contributed by atoms with van der Waals surface area (Å²) in [5.41, 5.74) is 0. The minimum atomic E-state index is -3.54. The molecule has 1 aliphatic heterocycles. The molecule has 0 radical (unpaired) electrons. The van der Waals surface area contributed by atoms with Gasteiger partial charge in [-0.2, -0.15) is 4.31 Å². The summed E-state index contributed by atoms with van der Waals surface area (Å²) in [5.74, 6) is 0. The molecule has 0 bridgehead atoms. The van der Waals surface area contributed by atoms with Crippen LogP contribution < -0.4 is 0 Å². The van der Waals surface area contributed by atoms with Gasteiger partial charge in [0.25, 0.3) is 0 Å². The van der Waals surface area contributed by atoms with Crippen LogP contribution in [-0.4, -0.2) is 54.8 Å². The molecular weight excluding hydrogens is 298 g/mol. The Labute approximate surface area is 125 Å². The van der Waals surface area contributed by atoms with Crippen molar-refractivity contribution in [1.29, 1.82) is 0 Å². The summed E-state index contributed by atoms with van der Waals surface area (Å²) in [6, 6.07) is 1.99. The fraction of sp³-hybridized carbons (Fsp3) is 0.615. The highest BCUT2D eigenvalue weighted by Gasteiger charge is 2.31. The Kier molecular flexibility index (Phi) is 5.01. The monoisotopic (exact) mass is 317 g/mol. The summed E-state index contributed by atoms with van der Waals surface area (Å²) in [5, 5.41) is 0.226. The third kappa shape index (κ3) is 3.14. The molecule has 0 aliphatic carbocycles. The lowest BCUT2D eigenvalue weighted by Gasteiger charge is -2.37. The van der Waals surface area contributed by atoms with Gasteiger partial charge in [0.1, 0.15) is 4.90 Å². The molecule has 1 unspecified atom stereocenters. The molecule has 1 aromatic heterocycles. The highest BCUT2D eigenvalue weighted by Crippen LogP contribution is 2.24. The number of pyridine rings is 1. The second-order valence-corrected chi connectivity index (χ2v) is 7.32. The zero-order chi connectivity index (χ0) is 14.8.